The summed E-state index contributed by atoms with van der Waals surface area (Å²) in [6.07, 6.45) is 4.53. The molecule has 0 radical (unpaired) electrons. The molecule has 3 fully saturated rings. The van der Waals surface area contributed by atoms with Gasteiger partial charge in [-0.1, -0.05) is 26.1 Å². The fourth-order valence-electron chi connectivity index (χ4n) is 6.57. The van der Waals surface area contributed by atoms with Gasteiger partial charge in [0.2, 0.25) is 0 Å². The van der Waals surface area contributed by atoms with Crippen molar-refractivity contribution in [2.45, 2.75) is 39.2 Å². The zero-order chi connectivity index (χ0) is 29.8. The number of aromatic nitrogens is 2. The zero-order valence-electron chi connectivity index (χ0n) is 23.9. The van der Waals surface area contributed by atoms with Crippen molar-refractivity contribution < 1.29 is 18.3 Å². The van der Waals surface area contributed by atoms with E-state index in [9.17, 15) is 13.6 Å². The highest BCUT2D eigenvalue weighted by Gasteiger charge is 2.32. The zero-order valence-corrected chi connectivity index (χ0v) is 26.9. The molecular weight excluding hydrogens is 671 g/mol. The van der Waals surface area contributed by atoms with Gasteiger partial charge < -0.3 is 19.4 Å². The van der Waals surface area contributed by atoms with Crippen molar-refractivity contribution in [1.82, 2.24) is 14.9 Å². The minimum absolute atomic E-state index is 0.00282. The molecule has 0 spiro atoms. The molecule has 3 atom stereocenters. The van der Waals surface area contributed by atoms with Gasteiger partial charge in [0.05, 0.1) is 36.5 Å². The van der Waals surface area contributed by atoms with Crippen LogP contribution in [0.3, 0.4) is 0 Å². The van der Waals surface area contributed by atoms with Crippen LogP contribution < -0.4 is 9.80 Å². The predicted molar refractivity (Wildman–Crippen MR) is 175 cm³/mol. The van der Waals surface area contributed by atoms with Crippen LogP contribution >= 0.6 is 34.8 Å². The van der Waals surface area contributed by atoms with Crippen LogP contribution in [-0.4, -0.2) is 70.1 Å². The van der Waals surface area contributed by atoms with Crippen LogP contribution in [0.5, 0.6) is 0 Å². The van der Waals surface area contributed by atoms with E-state index in [1.54, 1.807) is 9.57 Å². The smallest absolute Gasteiger partial charge is 0.253 e. The monoisotopic (exact) mass is 707 g/mol. The fraction of sp³-hybridized carbons (Fsp3) is 0.484. The molecule has 0 aliphatic carbocycles. The van der Waals surface area contributed by atoms with Crippen molar-refractivity contribution in [3.05, 3.63) is 59.3 Å². The number of thiocarbonyl (C=S) groups is 1. The van der Waals surface area contributed by atoms with Gasteiger partial charge >= 0.3 is 0 Å². The first kappa shape index (κ1) is 30.9. The molecule has 3 unspecified atom stereocenters. The third-order valence-electron chi connectivity index (χ3n) is 8.19. The topological polar surface area (TPSA) is 61.8 Å². The quantitative estimate of drug-likeness (QED) is 0.173. The minimum atomic E-state index is -0.604. The van der Waals surface area contributed by atoms with Gasteiger partial charge in [-0.25, -0.2) is 13.8 Å². The van der Waals surface area contributed by atoms with Gasteiger partial charge in [-0.3, -0.25) is 9.78 Å². The number of nitrogens with zero attached hydrogens (tertiary/aromatic N) is 5. The molecule has 3 aromatic rings. The summed E-state index contributed by atoms with van der Waals surface area (Å²) in [4.78, 5) is 29.8. The number of carbonyl (C=O) groups excluding carboxylic acids is 1. The molecule has 224 valence electrons. The van der Waals surface area contributed by atoms with Gasteiger partial charge in [-0.2, -0.15) is 0 Å². The van der Waals surface area contributed by atoms with Gasteiger partial charge in [-0.15, -0.1) is 0 Å². The number of carbonyl (C=O) groups is 1. The Balaban J connectivity index is 0.00000113. The SMILES string of the molecule is CC1CC(C)CN(C(=O)c2cc(C3CCCN3c3cc(F)cc(F)c3)c3nc(N4CCOCC4)cnc3c2)C1.S=CI. The summed E-state index contributed by atoms with van der Waals surface area (Å²) in [6, 6.07) is 7.26. The van der Waals surface area contributed by atoms with E-state index in [4.69, 9.17) is 14.7 Å². The molecule has 0 bridgehead atoms. The van der Waals surface area contributed by atoms with Crippen LogP contribution in [0.4, 0.5) is 20.3 Å². The second kappa shape index (κ2) is 13.9. The summed E-state index contributed by atoms with van der Waals surface area (Å²) in [5.41, 5.74) is 3.34. The van der Waals surface area contributed by atoms with Crippen LogP contribution in [0.25, 0.3) is 11.0 Å². The Hall–Kier alpha value is -2.51. The summed E-state index contributed by atoms with van der Waals surface area (Å²) < 4.78 is 35.5. The molecule has 42 heavy (non-hydrogen) atoms. The number of amides is 1. The number of anilines is 2. The molecule has 11 heteroatoms. The molecule has 3 aliphatic rings. The van der Waals surface area contributed by atoms with Crippen LogP contribution in [-0.2, 0) is 4.74 Å². The standard InChI is InChI=1S/C30H35F2N5O2.CHIS/c1-19-10-20(2)18-36(17-19)30(38)21-11-25(27-4-3-5-37(27)24-14-22(31)13-23(32)15-24)29-26(12-21)33-16-28(34-29)35-6-8-39-9-7-35;2-1-3/h11-16,19-20,27H,3-10,17-18H2,1-2H3;1H. The molecule has 6 rings (SSSR count). The van der Waals surface area contributed by atoms with Gasteiger partial charge in [0.25, 0.3) is 5.91 Å². The van der Waals surface area contributed by atoms with Gasteiger partial charge in [-0.05, 0) is 78.0 Å². The number of benzene rings is 2. The number of fused-ring (bicyclic) bond motifs is 1. The number of piperidine rings is 1. The number of rotatable bonds is 4. The minimum Gasteiger partial charge on any atom is -0.378 e. The lowest BCUT2D eigenvalue weighted by molar-refractivity contribution is 0.0623. The maximum absolute atomic E-state index is 14.2. The highest BCUT2D eigenvalue weighted by Crippen LogP contribution is 2.40. The van der Waals surface area contributed by atoms with E-state index in [0.717, 1.165) is 68.4 Å². The number of halogens is 3. The van der Waals surface area contributed by atoms with Crippen LogP contribution in [0.15, 0.2) is 36.5 Å². The fourth-order valence-corrected chi connectivity index (χ4v) is 6.57. The van der Waals surface area contributed by atoms with Crippen molar-refractivity contribution in [1.29, 1.82) is 0 Å². The first-order valence-electron chi connectivity index (χ1n) is 14.5. The largest absolute Gasteiger partial charge is 0.378 e. The Bertz CT molecular complexity index is 1410. The van der Waals surface area contributed by atoms with Crippen molar-refractivity contribution in [2.24, 2.45) is 11.8 Å². The summed E-state index contributed by atoms with van der Waals surface area (Å²) in [7, 11) is 0. The lowest BCUT2D eigenvalue weighted by Gasteiger charge is -2.35. The number of likely N-dealkylation sites (tertiary alicyclic amines) is 1. The van der Waals surface area contributed by atoms with Crippen LogP contribution in [0.1, 0.15) is 55.1 Å². The molecule has 1 amide bonds. The highest BCUT2D eigenvalue weighted by atomic mass is 127. The number of morpholine rings is 1. The van der Waals surface area contributed by atoms with E-state index in [1.165, 1.54) is 12.1 Å². The Kier molecular flexibility index (Phi) is 10.2. The maximum atomic E-state index is 14.2. The number of hydrogen-bond donors (Lipinski definition) is 0. The Morgan fingerprint density at radius 2 is 1.71 bits per heavy atom. The second-order valence-corrected chi connectivity index (χ2v) is 13.2. The summed E-state index contributed by atoms with van der Waals surface area (Å²) in [5.74, 6) is 0.450. The van der Waals surface area contributed by atoms with Crippen molar-refractivity contribution in [3.8, 4) is 0 Å². The number of hydrogen-bond acceptors (Lipinski definition) is 7. The summed E-state index contributed by atoms with van der Waals surface area (Å²) in [5, 5.41) is 0. The van der Waals surface area contributed by atoms with Crippen LogP contribution in [0, 0.1) is 23.5 Å². The summed E-state index contributed by atoms with van der Waals surface area (Å²) in [6.45, 7) is 9.23. The molecule has 0 saturated carbocycles. The lowest BCUT2D eigenvalue weighted by Crippen LogP contribution is -2.42. The molecule has 0 N–H and O–H groups in total. The molecule has 3 saturated heterocycles. The van der Waals surface area contributed by atoms with E-state index >= 15 is 0 Å². The molecule has 7 nitrogen and oxygen atoms in total. The van der Waals surface area contributed by atoms with E-state index in [2.05, 4.69) is 31.0 Å². The third kappa shape index (κ3) is 6.99. The van der Waals surface area contributed by atoms with Crippen molar-refractivity contribution >= 4 is 66.6 Å². The van der Waals surface area contributed by atoms with Gasteiger partial charge in [0, 0.05) is 59.0 Å². The van der Waals surface area contributed by atoms with Crippen molar-refractivity contribution in [2.75, 3.05) is 55.7 Å². The van der Waals surface area contributed by atoms with E-state index in [1.807, 2.05) is 44.5 Å². The first-order chi connectivity index (χ1) is 20.3. The average molecular weight is 708 g/mol. The Labute approximate surface area is 264 Å². The normalized spacial score (nSPS) is 22.6. The van der Waals surface area contributed by atoms with Crippen molar-refractivity contribution in [3.63, 3.8) is 0 Å². The molecule has 4 heterocycles. The van der Waals surface area contributed by atoms with Crippen LogP contribution in [0.2, 0.25) is 0 Å². The first-order valence-corrected chi connectivity index (χ1v) is 16.2. The average Bonchev–Trinajstić information content (AvgIpc) is 3.46. The second-order valence-electron chi connectivity index (χ2n) is 11.5. The maximum Gasteiger partial charge on any atom is 0.253 e. The Morgan fingerprint density at radius 1 is 1.05 bits per heavy atom. The highest BCUT2D eigenvalue weighted by molar-refractivity contribution is 14.1. The molecular formula is C31H36F2IN5O2S. The van der Waals surface area contributed by atoms with E-state index in [0.29, 0.717) is 48.4 Å². The third-order valence-corrected chi connectivity index (χ3v) is 8.19. The summed E-state index contributed by atoms with van der Waals surface area (Å²) >= 11 is 6.23. The molecule has 3 aliphatic heterocycles. The molecule has 1 aromatic heterocycles. The lowest BCUT2D eigenvalue weighted by atomic mass is 9.91. The van der Waals surface area contributed by atoms with E-state index in [-0.39, 0.29) is 11.9 Å². The predicted octanol–water partition coefficient (Wildman–Crippen LogP) is 6.58. The number of ether oxygens (including phenoxy) is 1. The van der Waals surface area contributed by atoms with E-state index < -0.39 is 11.6 Å². The molecule has 2 aromatic carbocycles. The van der Waals surface area contributed by atoms with Gasteiger partial charge in [0.15, 0.2) is 0 Å². The Morgan fingerprint density at radius 3 is 2.38 bits per heavy atom. The van der Waals surface area contributed by atoms with Gasteiger partial charge in [0.1, 0.15) is 17.5 Å².